The Morgan fingerprint density at radius 3 is 2.67 bits per heavy atom. The van der Waals surface area contributed by atoms with Crippen LogP contribution in [0.2, 0.25) is 0 Å². The second-order valence-electron chi connectivity index (χ2n) is 3.49. The zero-order chi connectivity index (χ0) is 13.8. The van der Waals surface area contributed by atoms with Gasteiger partial charge in [0.15, 0.2) is 0 Å². The minimum Gasteiger partial charge on any atom is -0.462 e. The van der Waals surface area contributed by atoms with Crippen LogP contribution in [0.15, 0.2) is 23.1 Å². The molecule has 0 unspecified atom stereocenters. The van der Waals surface area contributed by atoms with Crippen LogP contribution in [0.25, 0.3) is 0 Å². The van der Waals surface area contributed by atoms with Gasteiger partial charge in [0.05, 0.1) is 17.1 Å². The van der Waals surface area contributed by atoms with Gasteiger partial charge in [0, 0.05) is 0 Å². The first-order valence-corrected chi connectivity index (χ1v) is 6.81. The third-order valence-electron chi connectivity index (χ3n) is 2.17. The van der Waals surface area contributed by atoms with Crippen molar-refractivity contribution in [3.05, 3.63) is 29.6 Å². The number of esters is 1. The highest BCUT2D eigenvalue weighted by molar-refractivity contribution is 7.89. The monoisotopic (exact) mass is 275 g/mol. The van der Waals surface area contributed by atoms with Crippen LogP contribution in [-0.4, -0.2) is 28.0 Å². The number of hydrogen-bond acceptors (Lipinski definition) is 4. The van der Waals surface area contributed by atoms with E-state index in [9.17, 15) is 17.6 Å². The number of benzene rings is 1. The lowest BCUT2D eigenvalue weighted by atomic mass is 10.2. The Morgan fingerprint density at radius 2 is 2.11 bits per heavy atom. The molecule has 1 aromatic carbocycles. The van der Waals surface area contributed by atoms with Crippen molar-refractivity contribution in [2.45, 2.75) is 18.2 Å². The number of ether oxygens (including phenoxy) is 1. The van der Waals surface area contributed by atoms with E-state index >= 15 is 0 Å². The Balaban J connectivity index is 3.13. The Hall–Kier alpha value is -1.47. The van der Waals surface area contributed by atoms with Crippen molar-refractivity contribution in [2.24, 2.45) is 0 Å². The first-order valence-electron chi connectivity index (χ1n) is 5.32. The number of hydrogen-bond donors (Lipinski definition) is 1. The van der Waals surface area contributed by atoms with Crippen LogP contribution >= 0.6 is 0 Å². The van der Waals surface area contributed by atoms with Crippen molar-refractivity contribution in [3.8, 4) is 0 Å². The van der Waals surface area contributed by atoms with Crippen LogP contribution in [0, 0.1) is 5.82 Å². The van der Waals surface area contributed by atoms with E-state index in [-0.39, 0.29) is 17.1 Å². The minimum absolute atomic E-state index is 0.154. The normalized spacial score (nSPS) is 11.3. The standard InChI is InChI=1S/C11H14FNO4S/c1-3-6-17-11(14)9-7-8(4-5-10(9)12)18(15,16)13-2/h4-5,7,13H,3,6H2,1-2H3. The van der Waals surface area contributed by atoms with E-state index in [1.54, 1.807) is 6.92 Å². The minimum atomic E-state index is -3.72. The van der Waals surface area contributed by atoms with Crippen molar-refractivity contribution in [1.82, 2.24) is 4.72 Å². The highest BCUT2D eigenvalue weighted by atomic mass is 32.2. The van der Waals surface area contributed by atoms with Crippen LogP contribution in [0.3, 0.4) is 0 Å². The maximum Gasteiger partial charge on any atom is 0.341 e. The molecule has 1 rings (SSSR count). The first kappa shape index (κ1) is 14.6. The predicted molar refractivity (Wildman–Crippen MR) is 63.2 cm³/mol. The molecule has 0 aliphatic rings. The molecule has 0 amide bonds. The lowest BCUT2D eigenvalue weighted by Crippen LogP contribution is -2.19. The highest BCUT2D eigenvalue weighted by Crippen LogP contribution is 2.16. The van der Waals surface area contributed by atoms with E-state index in [2.05, 4.69) is 4.72 Å². The van der Waals surface area contributed by atoms with E-state index in [1.165, 1.54) is 7.05 Å². The smallest absolute Gasteiger partial charge is 0.341 e. The summed E-state index contributed by atoms with van der Waals surface area (Å²) in [6, 6.07) is 2.96. The van der Waals surface area contributed by atoms with Crippen molar-refractivity contribution < 1.29 is 22.3 Å². The molecule has 0 aliphatic heterocycles. The van der Waals surface area contributed by atoms with Crippen LogP contribution in [0.4, 0.5) is 4.39 Å². The summed E-state index contributed by atoms with van der Waals surface area (Å²) in [7, 11) is -2.49. The molecule has 1 N–H and O–H groups in total. The van der Waals surface area contributed by atoms with E-state index in [1.807, 2.05) is 0 Å². The third-order valence-corrected chi connectivity index (χ3v) is 3.59. The molecule has 0 bridgehead atoms. The van der Waals surface area contributed by atoms with Gasteiger partial charge >= 0.3 is 5.97 Å². The average molecular weight is 275 g/mol. The van der Waals surface area contributed by atoms with Crippen molar-refractivity contribution in [3.63, 3.8) is 0 Å². The summed E-state index contributed by atoms with van der Waals surface area (Å²) in [5, 5.41) is 0. The van der Waals surface area contributed by atoms with E-state index in [4.69, 9.17) is 4.74 Å². The van der Waals surface area contributed by atoms with Gasteiger partial charge in [-0.25, -0.2) is 22.3 Å². The quantitative estimate of drug-likeness (QED) is 0.822. The zero-order valence-electron chi connectivity index (χ0n) is 10.1. The number of nitrogens with one attached hydrogen (secondary N) is 1. The maximum absolute atomic E-state index is 13.4. The van der Waals surface area contributed by atoms with Gasteiger partial charge in [-0.3, -0.25) is 0 Å². The Morgan fingerprint density at radius 1 is 1.44 bits per heavy atom. The van der Waals surface area contributed by atoms with Gasteiger partial charge in [-0.15, -0.1) is 0 Å². The van der Waals surface area contributed by atoms with E-state index in [0.717, 1.165) is 18.2 Å². The summed E-state index contributed by atoms with van der Waals surface area (Å²) < 4.78 is 43.3. The Labute approximate surface area is 105 Å². The van der Waals surface area contributed by atoms with Gasteiger partial charge < -0.3 is 4.74 Å². The third kappa shape index (κ3) is 3.27. The molecule has 100 valence electrons. The summed E-state index contributed by atoms with van der Waals surface area (Å²) in [6.45, 7) is 1.95. The molecule has 0 saturated carbocycles. The molecule has 0 heterocycles. The molecule has 0 radical (unpaired) electrons. The molecule has 0 fully saturated rings. The first-order chi connectivity index (χ1) is 8.42. The summed E-state index contributed by atoms with van der Waals surface area (Å²) in [5.74, 6) is -1.69. The number of carbonyl (C=O) groups excluding carboxylic acids is 1. The molecule has 0 spiro atoms. The molecule has 1 aromatic rings. The number of sulfonamides is 1. The summed E-state index contributed by atoms with van der Waals surface area (Å²) in [6.07, 6.45) is 0.599. The molecular weight excluding hydrogens is 261 g/mol. The number of halogens is 1. The Kier molecular flexibility index (Phi) is 4.80. The molecule has 7 heteroatoms. The molecule has 0 aliphatic carbocycles. The molecular formula is C11H14FNO4S. The number of carbonyl (C=O) groups is 1. The van der Waals surface area contributed by atoms with Crippen LogP contribution in [0.5, 0.6) is 0 Å². The largest absolute Gasteiger partial charge is 0.462 e. The van der Waals surface area contributed by atoms with Crippen LogP contribution in [-0.2, 0) is 14.8 Å². The Bertz CT molecular complexity index is 542. The molecule has 0 atom stereocenters. The average Bonchev–Trinajstić information content (AvgIpc) is 2.36. The van der Waals surface area contributed by atoms with Gasteiger partial charge in [-0.1, -0.05) is 6.92 Å². The van der Waals surface area contributed by atoms with Gasteiger partial charge in [-0.2, -0.15) is 0 Å². The fourth-order valence-electron chi connectivity index (χ4n) is 1.22. The summed E-state index contributed by atoms with van der Waals surface area (Å²) in [5.41, 5.74) is -0.389. The fourth-order valence-corrected chi connectivity index (χ4v) is 1.97. The van der Waals surface area contributed by atoms with Crippen LogP contribution in [0.1, 0.15) is 23.7 Å². The van der Waals surface area contributed by atoms with Crippen molar-refractivity contribution in [2.75, 3.05) is 13.7 Å². The maximum atomic E-state index is 13.4. The van der Waals surface area contributed by atoms with Crippen molar-refractivity contribution in [1.29, 1.82) is 0 Å². The van der Waals surface area contributed by atoms with Gasteiger partial charge in [0.25, 0.3) is 0 Å². The van der Waals surface area contributed by atoms with Crippen molar-refractivity contribution >= 4 is 16.0 Å². The lowest BCUT2D eigenvalue weighted by molar-refractivity contribution is 0.0499. The van der Waals surface area contributed by atoms with Crippen LogP contribution < -0.4 is 4.72 Å². The van der Waals surface area contributed by atoms with E-state index < -0.39 is 21.8 Å². The second kappa shape index (κ2) is 5.92. The zero-order valence-corrected chi connectivity index (χ0v) is 10.9. The summed E-state index contributed by atoms with van der Waals surface area (Å²) in [4.78, 5) is 11.3. The molecule has 18 heavy (non-hydrogen) atoms. The topological polar surface area (TPSA) is 72.5 Å². The van der Waals surface area contributed by atoms with Gasteiger partial charge in [0.2, 0.25) is 10.0 Å². The summed E-state index contributed by atoms with van der Waals surface area (Å²) >= 11 is 0. The fraction of sp³-hybridized carbons (Fsp3) is 0.364. The van der Waals surface area contributed by atoms with E-state index in [0.29, 0.717) is 6.42 Å². The molecule has 0 saturated heterocycles. The number of rotatable bonds is 5. The SMILES string of the molecule is CCCOC(=O)c1cc(S(=O)(=O)NC)ccc1F. The highest BCUT2D eigenvalue weighted by Gasteiger charge is 2.18. The van der Waals surface area contributed by atoms with Gasteiger partial charge in [0.1, 0.15) is 5.82 Å². The lowest BCUT2D eigenvalue weighted by Gasteiger charge is -2.07. The molecule has 0 aromatic heterocycles. The second-order valence-corrected chi connectivity index (χ2v) is 5.37. The predicted octanol–water partition coefficient (Wildman–Crippen LogP) is 1.30. The van der Waals surface area contributed by atoms with Gasteiger partial charge in [-0.05, 0) is 31.7 Å². The molecule has 5 nitrogen and oxygen atoms in total.